The summed E-state index contributed by atoms with van der Waals surface area (Å²) in [6.45, 7) is 15.5. The molecule has 2 aromatic carbocycles. The molecule has 0 radical (unpaired) electrons. The molecule has 2 amide bonds. The standard InChI is InChI=1S/C39H54FN5O3/c1-26-41-32-13-8-9-14-33(32)45(26)31-24-29-15-16-30(25-31)44(29)22-19-39(27-11-10-12-28(40)23-27)17-20-43(21-18-39)35(46)34(37(2,3)4)42-36(47)48-38(5,6)7/h8-14,23,29-31,34H,15-22,24-25H2,1-7H3,(H,42,47)/t29-,30+,31+,34-/m1/s1. The molecule has 0 spiro atoms. The van der Waals surface area contributed by atoms with Crippen LogP contribution in [0.5, 0.6) is 0 Å². The van der Waals surface area contributed by atoms with Crippen LogP contribution in [0, 0.1) is 18.2 Å². The van der Waals surface area contributed by atoms with E-state index in [2.05, 4.69) is 52.0 Å². The van der Waals surface area contributed by atoms with Crippen molar-refractivity contribution in [1.29, 1.82) is 0 Å². The third-order valence-electron chi connectivity index (χ3n) is 11.1. The Morgan fingerprint density at radius 3 is 2.27 bits per heavy atom. The number of alkyl carbamates (subject to hydrolysis) is 1. The second-order valence-electron chi connectivity index (χ2n) is 16.6. The molecule has 3 aliphatic rings. The summed E-state index contributed by atoms with van der Waals surface area (Å²) in [4.78, 5) is 36.2. The molecule has 0 saturated carbocycles. The Morgan fingerprint density at radius 1 is 0.979 bits per heavy atom. The van der Waals surface area contributed by atoms with Crippen molar-refractivity contribution in [1.82, 2.24) is 24.7 Å². The van der Waals surface area contributed by atoms with Gasteiger partial charge in [-0.2, -0.15) is 0 Å². The number of hydrogen-bond acceptors (Lipinski definition) is 5. The van der Waals surface area contributed by atoms with Gasteiger partial charge in [-0.3, -0.25) is 9.69 Å². The molecule has 8 nitrogen and oxygen atoms in total. The van der Waals surface area contributed by atoms with Gasteiger partial charge in [-0.05, 0) is 120 Å². The number of rotatable bonds is 7. The molecule has 6 rings (SSSR count). The second-order valence-corrected chi connectivity index (χ2v) is 16.6. The fourth-order valence-corrected chi connectivity index (χ4v) is 8.70. The van der Waals surface area contributed by atoms with Crippen molar-refractivity contribution in [3.8, 4) is 0 Å². The minimum Gasteiger partial charge on any atom is -0.444 e. The van der Waals surface area contributed by atoms with E-state index < -0.39 is 23.2 Å². The highest BCUT2D eigenvalue weighted by Gasteiger charge is 2.45. The van der Waals surface area contributed by atoms with Crippen LogP contribution in [-0.2, 0) is 14.9 Å². The maximum atomic E-state index is 14.7. The number of benzene rings is 2. The Hall–Kier alpha value is -3.46. The molecule has 3 fully saturated rings. The van der Waals surface area contributed by atoms with Gasteiger partial charge in [0, 0.05) is 31.2 Å². The van der Waals surface area contributed by atoms with Crippen molar-refractivity contribution in [2.75, 3.05) is 19.6 Å². The van der Waals surface area contributed by atoms with Crippen LogP contribution in [0.2, 0.25) is 0 Å². The molecule has 3 saturated heterocycles. The number of nitrogens with zero attached hydrogens (tertiary/aromatic N) is 4. The van der Waals surface area contributed by atoms with Crippen molar-refractivity contribution >= 4 is 23.0 Å². The van der Waals surface area contributed by atoms with Crippen LogP contribution in [-0.4, -0.2) is 74.7 Å². The third kappa shape index (κ3) is 7.12. The molecular weight excluding hydrogens is 605 g/mol. The molecule has 3 aromatic rings. The van der Waals surface area contributed by atoms with Crippen molar-refractivity contribution in [2.45, 2.75) is 129 Å². The highest BCUT2D eigenvalue weighted by Crippen LogP contribution is 2.45. The average Bonchev–Trinajstić information content (AvgIpc) is 3.47. The van der Waals surface area contributed by atoms with Crippen LogP contribution in [0.4, 0.5) is 9.18 Å². The summed E-state index contributed by atoms with van der Waals surface area (Å²) in [5.74, 6) is 0.780. The number of aromatic nitrogens is 2. The molecule has 1 N–H and O–H groups in total. The Balaban J connectivity index is 1.16. The lowest BCUT2D eigenvalue weighted by molar-refractivity contribution is -0.138. The lowest BCUT2D eigenvalue weighted by Crippen LogP contribution is -2.58. The van der Waals surface area contributed by atoms with Crippen molar-refractivity contribution in [3.63, 3.8) is 0 Å². The fraction of sp³-hybridized carbons (Fsp3) is 0.615. The minimum absolute atomic E-state index is 0.0939. The molecule has 3 aliphatic heterocycles. The predicted octanol–water partition coefficient (Wildman–Crippen LogP) is 7.54. The topological polar surface area (TPSA) is 79.7 Å². The lowest BCUT2D eigenvalue weighted by Gasteiger charge is -2.46. The van der Waals surface area contributed by atoms with Crippen LogP contribution in [0.1, 0.15) is 104 Å². The fourth-order valence-electron chi connectivity index (χ4n) is 8.70. The maximum Gasteiger partial charge on any atom is 0.408 e. The molecule has 260 valence electrons. The molecule has 48 heavy (non-hydrogen) atoms. The summed E-state index contributed by atoms with van der Waals surface area (Å²) >= 11 is 0. The number of aryl methyl sites for hydroxylation is 1. The van der Waals surface area contributed by atoms with E-state index in [1.807, 2.05) is 52.5 Å². The van der Waals surface area contributed by atoms with Gasteiger partial charge in [-0.1, -0.05) is 45.0 Å². The first-order chi connectivity index (χ1) is 22.6. The average molecular weight is 660 g/mol. The van der Waals surface area contributed by atoms with E-state index in [0.717, 1.165) is 55.6 Å². The van der Waals surface area contributed by atoms with Gasteiger partial charge in [0.25, 0.3) is 0 Å². The molecule has 4 atom stereocenters. The molecule has 2 bridgehead atoms. The van der Waals surface area contributed by atoms with E-state index in [9.17, 15) is 14.0 Å². The maximum absolute atomic E-state index is 14.7. The highest BCUT2D eigenvalue weighted by atomic mass is 19.1. The monoisotopic (exact) mass is 659 g/mol. The first-order valence-corrected chi connectivity index (χ1v) is 17.9. The summed E-state index contributed by atoms with van der Waals surface area (Å²) in [5, 5.41) is 2.87. The number of ether oxygens (including phenoxy) is 1. The van der Waals surface area contributed by atoms with E-state index >= 15 is 0 Å². The lowest BCUT2D eigenvalue weighted by atomic mass is 9.70. The number of hydrogen-bond donors (Lipinski definition) is 1. The summed E-state index contributed by atoms with van der Waals surface area (Å²) in [6.07, 6.45) is 6.48. The number of nitrogens with one attached hydrogen (secondary N) is 1. The van der Waals surface area contributed by atoms with E-state index in [0.29, 0.717) is 31.2 Å². The number of piperidine rings is 2. The van der Waals surface area contributed by atoms with Gasteiger partial charge >= 0.3 is 6.09 Å². The Bertz CT molecular complexity index is 1620. The zero-order valence-electron chi connectivity index (χ0n) is 29.9. The SMILES string of the molecule is Cc1nc2ccccc2n1[C@H]1C[C@H]2CC[C@@H](C1)N2CCC1(c2cccc(F)c2)CCN(C(=O)[C@@H](NC(=O)OC(C)(C)C)C(C)(C)C)CC1. The molecule has 0 aliphatic carbocycles. The van der Waals surface area contributed by atoms with Crippen molar-refractivity contribution < 1.29 is 18.7 Å². The van der Waals surface area contributed by atoms with Gasteiger partial charge in [0.15, 0.2) is 0 Å². The number of carbonyl (C=O) groups is 2. The summed E-state index contributed by atoms with van der Waals surface area (Å²) in [5.41, 5.74) is 1.93. The van der Waals surface area contributed by atoms with E-state index in [1.54, 1.807) is 6.07 Å². The van der Waals surface area contributed by atoms with Crippen LogP contribution in [0.15, 0.2) is 48.5 Å². The normalized spacial score (nSPS) is 23.7. The molecular formula is C39H54FN5O3. The van der Waals surface area contributed by atoms with Gasteiger partial charge in [0.1, 0.15) is 23.3 Å². The number of amides is 2. The minimum atomic E-state index is -0.720. The van der Waals surface area contributed by atoms with Gasteiger partial charge < -0.3 is 19.5 Å². The van der Waals surface area contributed by atoms with E-state index in [-0.39, 0.29) is 17.1 Å². The number of halogens is 1. The molecule has 1 aromatic heterocycles. The van der Waals surface area contributed by atoms with E-state index in [1.165, 1.54) is 24.4 Å². The first kappa shape index (κ1) is 34.4. The zero-order valence-corrected chi connectivity index (χ0v) is 29.9. The predicted molar refractivity (Wildman–Crippen MR) is 187 cm³/mol. The molecule has 4 heterocycles. The zero-order chi connectivity index (χ0) is 34.4. The summed E-state index contributed by atoms with van der Waals surface area (Å²) in [6, 6.07) is 16.3. The van der Waals surface area contributed by atoms with Gasteiger partial charge in [-0.15, -0.1) is 0 Å². The van der Waals surface area contributed by atoms with E-state index in [4.69, 9.17) is 9.72 Å². The smallest absolute Gasteiger partial charge is 0.408 e. The quantitative estimate of drug-likeness (QED) is 0.284. The van der Waals surface area contributed by atoms with Crippen LogP contribution in [0.3, 0.4) is 0 Å². The largest absolute Gasteiger partial charge is 0.444 e. The number of likely N-dealkylation sites (tertiary alicyclic amines) is 1. The number of imidazole rings is 1. The van der Waals surface area contributed by atoms with Gasteiger partial charge in [-0.25, -0.2) is 14.2 Å². The van der Waals surface area contributed by atoms with Crippen LogP contribution >= 0.6 is 0 Å². The Morgan fingerprint density at radius 2 is 1.65 bits per heavy atom. The van der Waals surface area contributed by atoms with Gasteiger partial charge in [0.05, 0.1) is 11.0 Å². The third-order valence-corrected chi connectivity index (χ3v) is 11.1. The number of para-hydroxylation sites is 2. The number of fused-ring (bicyclic) bond motifs is 3. The van der Waals surface area contributed by atoms with Crippen molar-refractivity contribution in [3.05, 3.63) is 65.7 Å². The highest BCUT2D eigenvalue weighted by molar-refractivity contribution is 5.86. The summed E-state index contributed by atoms with van der Waals surface area (Å²) < 4.78 is 22.7. The van der Waals surface area contributed by atoms with Gasteiger partial charge in [0.2, 0.25) is 5.91 Å². The van der Waals surface area contributed by atoms with Crippen LogP contribution < -0.4 is 5.32 Å². The first-order valence-electron chi connectivity index (χ1n) is 17.9. The Labute approximate surface area is 285 Å². The number of carbonyl (C=O) groups excluding carboxylic acids is 2. The second kappa shape index (κ2) is 13.1. The van der Waals surface area contributed by atoms with Crippen LogP contribution in [0.25, 0.3) is 11.0 Å². The molecule has 0 unspecified atom stereocenters. The molecule has 9 heteroatoms. The Kier molecular flexibility index (Phi) is 9.39. The summed E-state index contributed by atoms with van der Waals surface area (Å²) in [7, 11) is 0. The van der Waals surface area contributed by atoms with Crippen molar-refractivity contribution in [2.24, 2.45) is 5.41 Å².